The van der Waals surface area contributed by atoms with Gasteiger partial charge in [0.05, 0.1) is 0 Å². The fourth-order valence-electron chi connectivity index (χ4n) is 1.88. The van der Waals surface area contributed by atoms with E-state index < -0.39 is 12.2 Å². The van der Waals surface area contributed by atoms with Crippen LogP contribution in [0.2, 0.25) is 0 Å². The molecule has 0 aliphatic rings. The Balaban J connectivity index is 2.12. The van der Waals surface area contributed by atoms with Gasteiger partial charge in [-0.3, -0.25) is 5.32 Å². The molecule has 19 heavy (non-hydrogen) atoms. The maximum absolute atomic E-state index is 13.0. The van der Waals surface area contributed by atoms with Crippen LogP contribution in [0, 0.1) is 0 Å². The highest BCUT2D eigenvalue weighted by atomic mass is 19.4. The molecule has 0 saturated carbocycles. The number of benzene rings is 2. The molecule has 2 aromatic rings. The first-order valence-electron chi connectivity index (χ1n) is 5.96. The van der Waals surface area contributed by atoms with Gasteiger partial charge in [-0.05, 0) is 11.1 Å². The molecule has 1 nitrogen and oxygen atoms in total. The quantitative estimate of drug-likeness (QED) is 0.878. The maximum atomic E-state index is 13.0. The van der Waals surface area contributed by atoms with Gasteiger partial charge in [0.2, 0.25) is 0 Å². The number of alkyl halides is 3. The van der Waals surface area contributed by atoms with E-state index in [2.05, 4.69) is 5.32 Å². The molecular formula is C15H14F3N. The van der Waals surface area contributed by atoms with E-state index in [1.54, 1.807) is 30.3 Å². The van der Waals surface area contributed by atoms with E-state index in [0.717, 1.165) is 5.56 Å². The molecule has 0 saturated heterocycles. The van der Waals surface area contributed by atoms with Gasteiger partial charge < -0.3 is 0 Å². The molecule has 1 unspecified atom stereocenters. The van der Waals surface area contributed by atoms with E-state index in [4.69, 9.17) is 0 Å². The lowest BCUT2D eigenvalue weighted by Crippen LogP contribution is -2.33. The number of hydrogen-bond acceptors (Lipinski definition) is 1. The summed E-state index contributed by atoms with van der Waals surface area (Å²) in [5, 5.41) is 2.57. The topological polar surface area (TPSA) is 12.0 Å². The van der Waals surface area contributed by atoms with Gasteiger partial charge in [0.25, 0.3) is 0 Å². The summed E-state index contributed by atoms with van der Waals surface area (Å²) in [7, 11) is 0. The van der Waals surface area contributed by atoms with Crippen LogP contribution in [0.5, 0.6) is 0 Å². The van der Waals surface area contributed by atoms with Crippen LogP contribution in [0.25, 0.3) is 0 Å². The van der Waals surface area contributed by atoms with Crippen molar-refractivity contribution in [1.82, 2.24) is 5.32 Å². The lowest BCUT2D eigenvalue weighted by atomic mass is 10.1. The average molecular weight is 265 g/mol. The van der Waals surface area contributed by atoms with E-state index >= 15 is 0 Å². The highest BCUT2D eigenvalue weighted by molar-refractivity contribution is 5.21. The number of nitrogens with one attached hydrogen (secondary N) is 1. The molecule has 4 heteroatoms. The van der Waals surface area contributed by atoms with Gasteiger partial charge in [0.1, 0.15) is 6.04 Å². The number of rotatable bonds is 4. The fourth-order valence-corrected chi connectivity index (χ4v) is 1.88. The molecule has 0 spiro atoms. The Morgan fingerprint density at radius 3 is 1.89 bits per heavy atom. The summed E-state index contributed by atoms with van der Waals surface area (Å²) in [4.78, 5) is 0. The molecule has 2 aromatic carbocycles. The van der Waals surface area contributed by atoms with Crippen molar-refractivity contribution in [2.45, 2.75) is 18.8 Å². The van der Waals surface area contributed by atoms with Crippen LogP contribution in [0.15, 0.2) is 60.7 Å². The predicted molar refractivity (Wildman–Crippen MR) is 68.5 cm³/mol. The molecule has 0 heterocycles. The summed E-state index contributed by atoms with van der Waals surface area (Å²) >= 11 is 0. The van der Waals surface area contributed by atoms with Crippen LogP contribution in [0.3, 0.4) is 0 Å². The van der Waals surface area contributed by atoms with Gasteiger partial charge in [0.15, 0.2) is 0 Å². The lowest BCUT2D eigenvalue weighted by Gasteiger charge is -2.22. The SMILES string of the molecule is FC(F)(F)C(NCc1ccccc1)c1ccccc1. The van der Waals surface area contributed by atoms with Gasteiger partial charge in [-0.25, -0.2) is 0 Å². The Kier molecular flexibility index (Phi) is 4.22. The summed E-state index contributed by atoms with van der Waals surface area (Å²) in [5.74, 6) is 0. The Hall–Kier alpha value is -1.81. The van der Waals surface area contributed by atoms with E-state index in [9.17, 15) is 13.2 Å². The van der Waals surface area contributed by atoms with Crippen molar-refractivity contribution < 1.29 is 13.2 Å². The summed E-state index contributed by atoms with van der Waals surface area (Å²) in [6, 6.07) is 15.3. The summed E-state index contributed by atoms with van der Waals surface area (Å²) < 4.78 is 39.1. The molecule has 0 aliphatic heterocycles. The highest BCUT2D eigenvalue weighted by Crippen LogP contribution is 2.32. The van der Waals surface area contributed by atoms with Crippen molar-refractivity contribution in [1.29, 1.82) is 0 Å². The van der Waals surface area contributed by atoms with Crippen LogP contribution >= 0.6 is 0 Å². The number of halogens is 3. The van der Waals surface area contributed by atoms with Crippen molar-refractivity contribution in [3.63, 3.8) is 0 Å². The van der Waals surface area contributed by atoms with Crippen molar-refractivity contribution in [3.8, 4) is 0 Å². The third kappa shape index (κ3) is 3.83. The molecule has 1 atom stereocenters. The summed E-state index contributed by atoms with van der Waals surface area (Å²) in [6.45, 7) is 0.180. The monoisotopic (exact) mass is 265 g/mol. The maximum Gasteiger partial charge on any atom is 0.407 e. The van der Waals surface area contributed by atoms with Crippen molar-refractivity contribution >= 4 is 0 Å². The minimum absolute atomic E-state index is 0.180. The second-order valence-corrected chi connectivity index (χ2v) is 4.25. The number of hydrogen-bond donors (Lipinski definition) is 1. The van der Waals surface area contributed by atoms with Crippen LogP contribution in [-0.4, -0.2) is 6.18 Å². The minimum Gasteiger partial charge on any atom is -0.298 e. The van der Waals surface area contributed by atoms with Gasteiger partial charge >= 0.3 is 6.18 Å². The Morgan fingerprint density at radius 2 is 1.37 bits per heavy atom. The molecular weight excluding hydrogens is 251 g/mol. The standard InChI is InChI=1S/C15H14F3N/c16-15(17,18)14(13-9-5-2-6-10-13)19-11-12-7-3-1-4-8-12/h1-10,14,19H,11H2. The van der Waals surface area contributed by atoms with Crippen LogP contribution in [-0.2, 0) is 6.54 Å². The normalized spacial score (nSPS) is 13.2. The third-order valence-corrected chi connectivity index (χ3v) is 2.81. The van der Waals surface area contributed by atoms with E-state index in [0.29, 0.717) is 0 Å². The Labute approximate surface area is 110 Å². The van der Waals surface area contributed by atoms with E-state index in [1.165, 1.54) is 12.1 Å². The molecule has 0 fully saturated rings. The molecule has 100 valence electrons. The second-order valence-electron chi connectivity index (χ2n) is 4.25. The van der Waals surface area contributed by atoms with Gasteiger partial charge in [0, 0.05) is 6.54 Å². The zero-order valence-electron chi connectivity index (χ0n) is 10.2. The fraction of sp³-hybridized carbons (Fsp3) is 0.200. The lowest BCUT2D eigenvalue weighted by molar-refractivity contribution is -0.158. The third-order valence-electron chi connectivity index (χ3n) is 2.81. The summed E-state index contributed by atoms with van der Waals surface area (Å²) in [5.41, 5.74) is 1.05. The highest BCUT2D eigenvalue weighted by Gasteiger charge is 2.40. The first-order chi connectivity index (χ1) is 9.07. The molecule has 0 aromatic heterocycles. The van der Waals surface area contributed by atoms with Crippen molar-refractivity contribution in [2.75, 3.05) is 0 Å². The van der Waals surface area contributed by atoms with Gasteiger partial charge in [-0.1, -0.05) is 60.7 Å². The summed E-state index contributed by atoms with van der Waals surface area (Å²) in [6.07, 6.45) is -4.31. The minimum atomic E-state index is -4.31. The zero-order valence-corrected chi connectivity index (χ0v) is 10.2. The largest absolute Gasteiger partial charge is 0.407 e. The molecule has 0 amide bonds. The van der Waals surface area contributed by atoms with Gasteiger partial charge in [-0.2, -0.15) is 13.2 Å². The van der Waals surface area contributed by atoms with Gasteiger partial charge in [-0.15, -0.1) is 0 Å². The Morgan fingerprint density at radius 1 is 0.842 bits per heavy atom. The van der Waals surface area contributed by atoms with E-state index in [-0.39, 0.29) is 12.1 Å². The molecule has 1 N–H and O–H groups in total. The van der Waals surface area contributed by atoms with Crippen LogP contribution in [0.4, 0.5) is 13.2 Å². The zero-order chi connectivity index (χ0) is 13.7. The van der Waals surface area contributed by atoms with Crippen molar-refractivity contribution in [3.05, 3.63) is 71.8 Å². The molecule has 0 bridgehead atoms. The molecule has 0 radical (unpaired) electrons. The van der Waals surface area contributed by atoms with Crippen LogP contribution < -0.4 is 5.32 Å². The first kappa shape index (κ1) is 13.6. The van der Waals surface area contributed by atoms with E-state index in [1.807, 2.05) is 18.2 Å². The smallest absolute Gasteiger partial charge is 0.298 e. The Bertz CT molecular complexity index is 494. The first-order valence-corrected chi connectivity index (χ1v) is 5.96. The second kappa shape index (κ2) is 5.89. The van der Waals surface area contributed by atoms with Crippen molar-refractivity contribution in [2.24, 2.45) is 0 Å². The molecule has 2 rings (SSSR count). The van der Waals surface area contributed by atoms with Crippen LogP contribution in [0.1, 0.15) is 17.2 Å². The average Bonchev–Trinajstić information content (AvgIpc) is 2.40. The molecule has 0 aliphatic carbocycles. The predicted octanol–water partition coefficient (Wildman–Crippen LogP) is 4.08.